The Morgan fingerprint density at radius 1 is 1.08 bits per heavy atom. The smallest absolute Gasteiger partial charge is 0.157 e. The standard InChI is InChI=1S/C6H6O2.C4H8/c7-5-3-1-2-4-6(5)8;1-4(2)3/h1-4,7-8H;1H2,2-3H3. The van der Waals surface area contributed by atoms with Crippen LogP contribution in [0.3, 0.4) is 0 Å². The predicted octanol–water partition coefficient (Wildman–Crippen LogP) is 2.68. The molecule has 2 nitrogen and oxygen atoms in total. The van der Waals surface area contributed by atoms with E-state index < -0.39 is 0 Å². The molecule has 0 aliphatic carbocycles. The van der Waals surface area contributed by atoms with Crippen LogP contribution < -0.4 is 0 Å². The Labute approximate surface area is 72.8 Å². The van der Waals surface area contributed by atoms with E-state index in [2.05, 4.69) is 6.58 Å². The topological polar surface area (TPSA) is 40.5 Å². The van der Waals surface area contributed by atoms with Gasteiger partial charge in [0.05, 0.1) is 0 Å². The first-order valence-corrected chi connectivity index (χ1v) is 3.63. The lowest BCUT2D eigenvalue weighted by Gasteiger charge is -1.91. The highest BCUT2D eigenvalue weighted by Crippen LogP contribution is 2.21. The number of phenols is 2. The molecule has 0 atom stereocenters. The van der Waals surface area contributed by atoms with Gasteiger partial charge in [0, 0.05) is 0 Å². The fourth-order valence-electron chi connectivity index (χ4n) is 0.464. The summed E-state index contributed by atoms with van der Waals surface area (Å²) in [5, 5.41) is 17.3. The minimum absolute atomic E-state index is 0.0764. The lowest BCUT2D eigenvalue weighted by atomic mass is 10.3. The fourth-order valence-corrected chi connectivity index (χ4v) is 0.464. The number of benzene rings is 1. The second kappa shape index (κ2) is 5.24. The molecule has 1 aromatic rings. The molecule has 0 heterocycles. The summed E-state index contributed by atoms with van der Waals surface area (Å²) in [6.45, 7) is 7.50. The predicted molar refractivity (Wildman–Crippen MR) is 50.3 cm³/mol. The summed E-state index contributed by atoms with van der Waals surface area (Å²) < 4.78 is 0. The minimum atomic E-state index is -0.0764. The van der Waals surface area contributed by atoms with Crippen LogP contribution in [-0.2, 0) is 0 Å². The van der Waals surface area contributed by atoms with E-state index in [1.165, 1.54) is 17.7 Å². The number of phenolic OH excluding ortho intramolecular Hbond substituents is 2. The van der Waals surface area contributed by atoms with E-state index >= 15 is 0 Å². The third kappa shape index (κ3) is 5.35. The van der Waals surface area contributed by atoms with Gasteiger partial charge >= 0.3 is 0 Å². The molecule has 2 N–H and O–H groups in total. The van der Waals surface area contributed by atoms with Crippen molar-refractivity contribution in [1.29, 1.82) is 0 Å². The largest absolute Gasteiger partial charge is 0.504 e. The zero-order chi connectivity index (χ0) is 9.56. The Hall–Kier alpha value is -1.44. The lowest BCUT2D eigenvalue weighted by Crippen LogP contribution is -1.63. The van der Waals surface area contributed by atoms with Gasteiger partial charge in [-0.2, -0.15) is 0 Å². The Kier molecular flexibility index (Phi) is 4.61. The highest BCUT2D eigenvalue weighted by molar-refractivity contribution is 5.36. The van der Waals surface area contributed by atoms with E-state index in [-0.39, 0.29) is 11.5 Å². The number of para-hydroxylation sites is 2. The van der Waals surface area contributed by atoms with Gasteiger partial charge in [-0.05, 0) is 26.0 Å². The number of rotatable bonds is 0. The van der Waals surface area contributed by atoms with Gasteiger partial charge in [0.2, 0.25) is 0 Å². The van der Waals surface area contributed by atoms with Crippen LogP contribution in [0.4, 0.5) is 0 Å². The van der Waals surface area contributed by atoms with E-state index in [0.29, 0.717) is 0 Å². The van der Waals surface area contributed by atoms with Crippen LogP contribution in [0.15, 0.2) is 36.4 Å². The van der Waals surface area contributed by atoms with Crippen LogP contribution in [0.5, 0.6) is 11.5 Å². The molecule has 0 radical (unpaired) electrons. The summed E-state index contributed by atoms with van der Waals surface area (Å²) in [5.41, 5.74) is 1.17. The van der Waals surface area contributed by atoms with Gasteiger partial charge in [0.15, 0.2) is 11.5 Å². The molecular weight excluding hydrogens is 152 g/mol. The van der Waals surface area contributed by atoms with Crippen molar-refractivity contribution in [2.45, 2.75) is 13.8 Å². The van der Waals surface area contributed by atoms with Gasteiger partial charge in [0.1, 0.15) is 0 Å². The summed E-state index contributed by atoms with van der Waals surface area (Å²) in [6.07, 6.45) is 0. The van der Waals surface area contributed by atoms with Gasteiger partial charge in [0.25, 0.3) is 0 Å². The quantitative estimate of drug-likeness (QED) is 0.459. The molecule has 66 valence electrons. The lowest BCUT2D eigenvalue weighted by molar-refractivity contribution is 0.404. The van der Waals surface area contributed by atoms with Crippen molar-refractivity contribution in [3.8, 4) is 11.5 Å². The van der Waals surface area contributed by atoms with Gasteiger partial charge in [-0.1, -0.05) is 17.7 Å². The Morgan fingerprint density at radius 3 is 1.50 bits per heavy atom. The molecule has 0 aliphatic rings. The van der Waals surface area contributed by atoms with E-state index in [0.717, 1.165) is 0 Å². The highest BCUT2D eigenvalue weighted by atomic mass is 16.3. The Balaban J connectivity index is 0.000000261. The molecule has 0 unspecified atom stereocenters. The first-order chi connectivity index (χ1) is 5.54. The third-order valence-electron chi connectivity index (χ3n) is 0.882. The molecule has 12 heavy (non-hydrogen) atoms. The van der Waals surface area contributed by atoms with Gasteiger partial charge in [-0.25, -0.2) is 0 Å². The molecule has 1 aromatic carbocycles. The SMILES string of the molecule is C=C(C)C.Oc1ccccc1O. The van der Waals surface area contributed by atoms with Crippen molar-refractivity contribution in [1.82, 2.24) is 0 Å². The zero-order valence-corrected chi connectivity index (χ0v) is 7.41. The van der Waals surface area contributed by atoms with Crippen LogP contribution in [0, 0.1) is 0 Å². The molecule has 0 aromatic heterocycles. The maximum Gasteiger partial charge on any atom is 0.157 e. The molecule has 0 fully saturated rings. The van der Waals surface area contributed by atoms with Gasteiger partial charge < -0.3 is 10.2 Å². The monoisotopic (exact) mass is 166 g/mol. The number of allylic oxidation sites excluding steroid dienone is 1. The minimum Gasteiger partial charge on any atom is -0.504 e. The maximum absolute atomic E-state index is 8.67. The van der Waals surface area contributed by atoms with E-state index in [4.69, 9.17) is 10.2 Å². The summed E-state index contributed by atoms with van der Waals surface area (Å²) in [5.74, 6) is -0.153. The fraction of sp³-hybridized carbons (Fsp3) is 0.200. The van der Waals surface area contributed by atoms with E-state index in [9.17, 15) is 0 Å². The van der Waals surface area contributed by atoms with Crippen molar-refractivity contribution in [2.75, 3.05) is 0 Å². The number of aromatic hydroxyl groups is 2. The average Bonchev–Trinajstić information content (AvgIpc) is 1.94. The summed E-state index contributed by atoms with van der Waals surface area (Å²) >= 11 is 0. The third-order valence-corrected chi connectivity index (χ3v) is 0.882. The second-order valence-electron chi connectivity index (χ2n) is 2.70. The van der Waals surface area contributed by atoms with Gasteiger partial charge in [-0.15, -0.1) is 6.58 Å². The van der Waals surface area contributed by atoms with Crippen molar-refractivity contribution < 1.29 is 10.2 Å². The average molecular weight is 166 g/mol. The van der Waals surface area contributed by atoms with Crippen LogP contribution in [-0.4, -0.2) is 10.2 Å². The highest BCUT2D eigenvalue weighted by Gasteiger charge is 1.90. The van der Waals surface area contributed by atoms with Crippen molar-refractivity contribution >= 4 is 0 Å². The summed E-state index contributed by atoms with van der Waals surface area (Å²) in [6, 6.07) is 6.15. The van der Waals surface area contributed by atoms with Crippen LogP contribution in [0.1, 0.15) is 13.8 Å². The summed E-state index contributed by atoms with van der Waals surface area (Å²) in [7, 11) is 0. The first kappa shape index (κ1) is 10.6. The second-order valence-corrected chi connectivity index (χ2v) is 2.70. The molecule has 0 bridgehead atoms. The van der Waals surface area contributed by atoms with Crippen LogP contribution in [0.2, 0.25) is 0 Å². The number of hydrogen-bond acceptors (Lipinski definition) is 2. The van der Waals surface area contributed by atoms with Crippen molar-refractivity contribution in [2.24, 2.45) is 0 Å². The van der Waals surface area contributed by atoms with Crippen molar-refractivity contribution in [3.05, 3.63) is 36.4 Å². The molecule has 0 saturated heterocycles. The first-order valence-electron chi connectivity index (χ1n) is 3.63. The summed E-state index contributed by atoms with van der Waals surface area (Å²) in [4.78, 5) is 0. The maximum atomic E-state index is 8.67. The van der Waals surface area contributed by atoms with Crippen LogP contribution >= 0.6 is 0 Å². The molecular formula is C10H14O2. The normalized spacial score (nSPS) is 8.17. The Bertz CT molecular complexity index is 229. The molecule has 2 heteroatoms. The van der Waals surface area contributed by atoms with Gasteiger partial charge in [-0.3, -0.25) is 0 Å². The van der Waals surface area contributed by atoms with Crippen molar-refractivity contribution in [3.63, 3.8) is 0 Å². The Morgan fingerprint density at radius 2 is 1.33 bits per heavy atom. The molecule has 0 spiro atoms. The number of hydrogen-bond donors (Lipinski definition) is 2. The molecule has 1 rings (SSSR count). The van der Waals surface area contributed by atoms with E-state index in [1.807, 2.05) is 13.8 Å². The van der Waals surface area contributed by atoms with Crippen LogP contribution in [0.25, 0.3) is 0 Å². The molecule has 0 amide bonds. The zero-order valence-electron chi connectivity index (χ0n) is 7.41. The molecule has 0 saturated carbocycles. The molecule has 0 aliphatic heterocycles. The van der Waals surface area contributed by atoms with E-state index in [1.54, 1.807) is 12.1 Å².